The highest BCUT2D eigenvalue weighted by atomic mass is 19.1. The van der Waals surface area contributed by atoms with E-state index in [2.05, 4.69) is 21.1 Å². The summed E-state index contributed by atoms with van der Waals surface area (Å²) in [5.74, 6) is -1.34. The third-order valence-electron chi connectivity index (χ3n) is 5.44. The maximum absolute atomic E-state index is 13.3. The van der Waals surface area contributed by atoms with Crippen LogP contribution in [0.2, 0.25) is 0 Å². The van der Waals surface area contributed by atoms with Crippen molar-refractivity contribution in [3.8, 4) is 0 Å². The number of benzene rings is 1. The summed E-state index contributed by atoms with van der Waals surface area (Å²) in [5.41, 5.74) is 0.639. The number of rotatable bonds is 9. The predicted molar refractivity (Wildman–Crippen MR) is 112 cm³/mol. The lowest BCUT2D eigenvalue weighted by molar-refractivity contribution is -0.126. The van der Waals surface area contributed by atoms with Gasteiger partial charge in [-0.05, 0) is 50.4 Å². The molecule has 4 N–H and O–H groups in total. The second-order valence-electron chi connectivity index (χ2n) is 7.97. The molecule has 0 spiro atoms. The molecule has 1 aliphatic rings. The molecule has 1 saturated heterocycles. The van der Waals surface area contributed by atoms with Gasteiger partial charge in [-0.2, -0.15) is 0 Å². The Hall–Kier alpha value is -3.11. The molecule has 1 fully saturated rings. The average molecular weight is 446 g/mol. The van der Waals surface area contributed by atoms with Gasteiger partial charge >= 0.3 is 0 Å². The fraction of sp³-hybridized carbons (Fsp3) is 0.455. The standard InChI is InChI=1S/C22H27FN4O5/c1-13-9-19(27-32-13)22(31)26-18(10-14-4-6-16(23)7-5-14)21(30)25-17(12-28)11-15-3-2-8-24-20(15)29/h4-7,9,12,15,17-18,20,24,29H,2-3,8,10-11H2,1H3,(H,25,30)(H,26,31)/t15-,17-,18-,20-/m0/s1. The fourth-order valence-corrected chi connectivity index (χ4v) is 3.71. The number of hydrogen-bond acceptors (Lipinski definition) is 7. The third kappa shape index (κ3) is 6.44. The topological polar surface area (TPSA) is 134 Å². The molecule has 0 aliphatic carbocycles. The van der Waals surface area contributed by atoms with Crippen LogP contribution in [-0.2, 0) is 16.0 Å². The monoisotopic (exact) mass is 446 g/mol. The van der Waals surface area contributed by atoms with Crippen molar-refractivity contribution in [2.24, 2.45) is 5.92 Å². The molecule has 0 saturated carbocycles. The molecule has 4 atom stereocenters. The summed E-state index contributed by atoms with van der Waals surface area (Å²) < 4.78 is 18.2. The van der Waals surface area contributed by atoms with Gasteiger partial charge in [0.15, 0.2) is 5.69 Å². The first kappa shape index (κ1) is 23.6. The van der Waals surface area contributed by atoms with Crippen LogP contribution in [0.15, 0.2) is 34.9 Å². The lowest BCUT2D eigenvalue weighted by Gasteiger charge is -2.30. The number of nitrogens with one attached hydrogen (secondary N) is 3. The number of halogens is 1. The number of aromatic nitrogens is 1. The van der Waals surface area contributed by atoms with E-state index in [1.54, 1.807) is 6.92 Å². The first-order chi connectivity index (χ1) is 15.4. The summed E-state index contributed by atoms with van der Waals surface area (Å²) in [7, 11) is 0. The van der Waals surface area contributed by atoms with Crippen LogP contribution in [0.3, 0.4) is 0 Å². The van der Waals surface area contributed by atoms with Crippen molar-refractivity contribution < 1.29 is 28.4 Å². The molecule has 172 valence electrons. The molecular weight excluding hydrogens is 419 g/mol. The van der Waals surface area contributed by atoms with Crippen molar-refractivity contribution >= 4 is 18.1 Å². The molecule has 2 amide bonds. The number of aliphatic hydroxyl groups excluding tert-OH is 1. The first-order valence-electron chi connectivity index (χ1n) is 10.5. The smallest absolute Gasteiger partial charge is 0.274 e. The number of carbonyl (C=O) groups is 3. The summed E-state index contributed by atoms with van der Waals surface area (Å²) in [6, 6.07) is 5.13. The van der Waals surface area contributed by atoms with E-state index in [-0.39, 0.29) is 24.5 Å². The minimum atomic E-state index is -1.04. The largest absolute Gasteiger partial charge is 0.378 e. The van der Waals surface area contributed by atoms with Crippen LogP contribution in [0.5, 0.6) is 0 Å². The summed E-state index contributed by atoms with van der Waals surface area (Å²) >= 11 is 0. The molecule has 1 aromatic carbocycles. The Morgan fingerprint density at radius 3 is 2.72 bits per heavy atom. The van der Waals surface area contributed by atoms with E-state index in [9.17, 15) is 23.9 Å². The van der Waals surface area contributed by atoms with Crippen molar-refractivity contribution in [3.05, 3.63) is 53.2 Å². The molecule has 2 aromatic rings. The SMILES string of the molecule is Cc1cc(C(=O)N[C@@H](Cc2ccc(F)cc2)C(=O)N[C@H](C=O)C[C@@H]2CCCN[C@H]2O)no1. The van der Waals surface area contributed by atoms with Crippen molar-refractivity contribution in [1.82, 2.24) is 21.1 Å². The Kier molecular flexibility index (Phi) is 8.07. The predicted octanol–water partition coefficient (Wildman–Crippen LogP) is 0.855. The van der Waals surface area contributed by atoms with Gasteiger partial charge in [0.2, 0.25) is 5.91 Å². The molecule has 0 unspecified atom stereocenters. The van der Waals surface area contributed by atoms with E-state index < -0.39 is 35.9 Å². The van der Waals surface area contributed by atoms with Gasteiger partial charge in [0.1, 0.15) is 30.1 Å². The number of aryl methyl sites for hydroxylation is 1. The second-order valence-corrected chi connectivity index (χ2v) is 7.97. The van der Waals surface area contributed by atoms with Gasteiger partial charge < -0.3 is 25.1 Å². The van der Waals surface area contributed by atoms with E-state index in [4.69, 9.17) is 4.52 Å². The van der Waals surface area contributed by atoms with E-state index in [1.807, 2.05) is 0 Å². The van der Waals surface area contributed by atoms with Gasteiger partial charge in [-0.15, -0.1) is 0 Å². The van der Waals surface area contributed by atoms with E-state index in [0.717, 1.165) is 12.8 Å². The van der Waals surface area contributed by atoms with Crippen LogP contribution in [0.25, 0.3) is 0 Å². The second kappa shape index (κ2) is 11.0. The Balaban J connectivity index is 1.71. The van der Waals surface area contributed by atoms with Crippen molar-refractivity contribution in [2.75, 3.05) is 6.54 Å². The van der Waals surface area contributed by atoms with Crippen LogP contribution in [0, 0.1) is 18.7 Å². The Bertz CT molecular complexity index is 933. The van der Waals surface area contributed by atoms with Gasteiger partial charge in [-0.1, -0.05) is 17.3 Å². The maximum Gasteiger partial charge on any atom is 0.274 e. The van der Waals surface area contributed by atoms with Crippen LogP contribution in [0.1, 0.15) is 41.1 Å². The Labute approximate surface area is 184 Å². The third-order valence-corrected chi connectivity index (χ3v) is 5.44. The van der Waals surface area contributed by atoms with Crippen LogP contribution < -0.4 is 16.0 Å². The number of carbonyl (C=O) groups excluding carboxylic acids is 3. The highest BCUT2D eigenvalue weighted by Gasteiger charge is 2.29. The molecular formula is C22H27FN4O5. The van der Waals surface area contributed by atoms with Crippen molar-refractivity contribution in [3.63, 3.8) is 0 Å². The molecule has 3 rings (SSSR count). The number of aliphatic hydroxyl groups is 1. The van der Waals surface area contributed by atoms with Crippen LogP contribution in [0.4, 0.5) is 4.39 Å². The summed E-state index contributed by atoms with van der Waals surface area (Å²) in [6.45, 7) is 2.33. The lowest BCUT2D eigenvalue weighted by atomic mass is 9.91. The Morgan fingerprint density at radius 2 is 2.09 bits per heavy atom. The minimum absolute atomic E-state index is 0.0164. The zero-order valence-corrected chi connectivity index (χ0v) is 17.7. The first-order valence-corrected chi connectivity index (χ1v) is 10.5. The molecule has 1 aliphatic heterocycles. The van der Waals surface area contributed by atoms with Crippen molar-refractivity contribution in [2.45, 2.75) is 50.9 Å². The molecule has 32 heavy (non-hydrogen) atoms. The number of amides is 2. The quantitative estimate of drug-likeness (QED) is 0.420. The average Bonchev–Trinajstić information content (AvgIpc) is 3.22. The van der Waals surface area contributed by atoms with Gasteiger partial charge in [0, 0.05) is 18.4 Å². The summed E-state index contributed by atoms with van der Waals surface area (Å²) in [4.78, 5) is 37.2. The molecule has 9 nitrogen and oxygen atoms in total. The van der Waals surface area contributed by atoms with Gasteiger partial charge in [-0.25, -0.2) is 4.39 Å². The van der Waals surface area contributed by atoms with E-state index >= 15 is 0 Å². The van der Waals surface area contributed by atoms with E-state index in [1.165, 1.54) is 30.3 Å². The summed E-state index contributed by atoms with van der Waals surface area (Å²) in [5, 5.41) is 21.9. The number of nitrogens with zero attached hydrogens (tertiary/aromatic N) is 1. The normalized spacial score (nSPS) is 20.2. The number of piperidine rings is 1. The molecule has 10 heteroatoms. The molecule has 0 bridgehead atoms. The number of aldehydes is 1. The maximum atomic E-state index is 13.3. The molecule has 0 radical (unpaired) electrons. The summed E-state index contributed by atoms with van der Waals surface area (Å²) in [6.07, 6.45) is 1.82. The molecule has 1 aromatic heterocycles. The highest BCUT2D eigenvalue weighted by Crippen LogP contribution is 2.20. The van der Waals surface area contributed by atoms with E-state index in [0.29, 0.717) is 24.2 Å². The van der Waals surface area contributed by atoms with Gasteiger partial charge in [0.25, 0.3) is 5.91 Å². The molecule has 2 heterocycles. The minimum Gasteiger partial charge on any atom is -0.378 e. The van der Waals surface area contributed by atoms with Gasteiger partial charge in [0.05, 0.1) is 6.04 Å². The number of hydrogen-bond donors (Lipinski definition) is 4. The zero-order chi connectivity index (χ0) is 23.1. The Morgan fingerprint density at radius 1 is 1.34 bits per heavy atom. The highest BCUT2D eigenvalue weighted by molar-refractivity contribution is 5.96. The fourth-order valence-electron chi connectivity index (χ4n) is 3.71. The van der Waals surface area contributed by atoms with Crippen LogP contribution in [-0.4, -0.2) is 53.2 Å². The lowest BCUT2D eigenvalue weighted by Crippen LogP contribution is -2.52. The van der Waals surface area contributed by atoms with Crippen molar-refractivity contribution in [1.29, 1.82) is 0 Å². The van der Waals surface area contributed by atoms with Gasteiger partial charge in [-0.3, -0.25) is 14.9 Å². The van der Waals surface area contributed by atoms with Crippen LogP contribution >= 0.6 is 0 Å². The zero-order valence-electron chi connectivity index (χ0n) is 17.7.